The average Bonchev–Trinajstić information content (AvgIpc) is 3.35. The number of carbonyl (C=O) groups is 1. The molecule has 4 rings (SSSR count). The number of rotatable bonds is 8. The monoisotopic (exact) mass is 464 g/mol. The topological polar surface area (TPSA) is 89.3 Å². The summed E-state index contributed by atoms with van der Waals surface area (Å²) in [4.78, 5) is 13.5. The Kier molecular flexibility index (Phi) is 6.88. The number of aliphatic hydroxyl groups is 1. The largest absolute Gasteiger partial charge is 0.396 e. The normalized spacial score (nSPS) is 37.1. The molecular weight excluding hydrogens is 424 g/mol. The molecule has 1 N–H and O–H groups in total. The molecule has 3 fully saturated rings. The molecule has 0 spiro atoms. The molecule has 3 saturated carbocycles. The van der Waals surface area contributed by atoms with Crippen LogP contribution in [0.3, 0.4) is 0 Å². The molecule has 1 aromatic heterocycles. The molecular formula is C25H40N2O4S. The standard InChI is InChI=1S/C25H40N2O4S/c1-4-17-7-8-21-20(19(17)6-5-13-28)11-12-25(2)22(21)9-10-23(25)24(29)16-27-15-18(14-26-27)32(3,30)31/h14-15,17,19-23,28H,4-13,16H2,1-3H3/t17-,19-,20+,21+,22-,23+,25-/m0/s1. The Bertz CT molecular complexity index is 926. The van der Waals surface area contributed by atoms with Crippen LogP contribution in [0.15, 0.2) is 17.3 Å². The van der Waals surface area contributed by atoms with Gasteiger partial charge < -0.3 is 5.11 Å². The SMILES string of the molecule is CC[C@H]1CC[C@@H]2[C@H](CC[C@]3(C)[C@@H](C(=O)Cn4cc(S(C)(=O)=O)cn4)CC[C@@H]23)[C@H]1CCCO. The van der Waals surface area contributed by atoms with E-state index in [-0.39, 0.29) is 35.2 Å². The summed E-state index contributed by atoms with van der Waals surface area (Å²) < 4.78 is 25.0. The summed E-state index contributed by atoms with van der Waals surface area (Å²) in [6.45, 7) is 5.12. The zero-order valence-electron chi connectivity index (χ0n) is 19.9. The first-order chi connectivity index (χ1) is 15.2. The van der Waals surface area contributed by atoms with Crippen molar-refractivity contribution in [2.75, 3.05) is 12.9 Å². The van der Waals surface area contributed by atoms with Gasteiger partial charge >= 0.3 is 0 Å². The van der Waals surface area contributed by atoms with Gasteiger partial charge in [-0.05, 0) is 86.4 Å². The lowest BCUT2D eigenvalue weighted by Gasteiger charge is -2.54. The number of hydrogen-bond donors (Lipinski definition) is 1. The van der Waals surface area contributed by atoms with Gasteiger partial charge in [0.05, 0.1) is 12.7 Å². The predicted molar refractivity (Wildman–Crippen MR) is 124 cm³/mol. The van der Waals surface area contributed by atoms with Gasteiger partial charge in [0.1, 0.15) is 4.90 Å². The van der Waals surface area contributed by atoms with Crippen LogP contribution in [-0.4, -0.2) is 42.0 Å². The smallest absolute Gasteiger partial charge is 0.178 e. The highest BCUT2D eigenvalue weighted by atomic mass is 32.2. The third-order valence-corrected chi connectivity index (χ3v) is 10.6. The highest BCUT2D eigenvalue weighted by Gasteiger charge is 2.57. The van der Waals surface area contributed by atoms with E-state index in [2.05, 4.69) is 18.9 Å². The number of ketones is 1. The van der Waals surface area contributed by atoms with Crippen LogP contribution in [0.2, 0.25) is 0 Å². The fourth-order valence-corrected chi connectivity index (χ4v) is 8.49. The Morgan fingerprint density at radius 2 is 2.00 bits per heavy atom. The number of carbonyl (C=O) groups excluding carboxylic acids is 1. The van der Waals surface area contributed by atoms with Gasteiger partial charge in [0.2, 0.25) is 0 Å². The van der Waals surface area contributed by atoms with E-state index >= 15 is 0 Å². The first-order valence-electron chi connectivity index (χ1n) is 12.5. The molecule has 0 saturated heterocycles. The Balaban J connectivity index is 1.48. The lowest BCUT2D eigenvalue weighted by molar-refractivity contribution is -0.130. The maximum absolute atomic E-state index is 13.4. The number of nitrogens with zero attached hydrogens (tertiary/aromatic N) is 2. The third-order valence-electron chi connectivity index (χ3n) is 9.48. The van der Waals surface area contributed by atoms with Crippen molar-refractivity contribution in [1.82, 2.24) is 9.78 Å². The van der Waals surface area contributed by atoms with Crippen molar-refractivity contribution in [3.05, 3.63) is 12.4 Å². The van der Waals surface area contributed by atoms with Gasteiger partial charge in [0.15, 0.2) is 15.6 Å². The van der Waals surface area contributed by atoms with Crippen molar-refractivity contribution in [3.63, 3.8) is 0 Å². The summed E-state index contributed by atoms with van der Waals surface area (Å²) in [5, 5.41) is 13.6. The molecule has 0 unspecified atom stereocenters. The van der Waals surface area contributed by atoms with Crippen molar-refractivity contribution < 1.29 is 18.3 Å². The second-order valence-corrected chi connectivity index (χ2v) is 13.0. The Hall–Kier alpha value is -1.21. The second kappa shape index (κ2) is 9.21. The summed E-state index contributed by atoms with van der Waals surface area (Å²) in [5.74, 6) is 3.82. The summed E-state index contributed by atoms with van der Waals surface area (Å²) in [7, 11) is -3.31. The van der Waals surface area contributed by atoms with Gasteiger partial charge in [-0.25, -0.2) is 8.42 Å². The quantitative estimate of drug-likeness (QED) is 0.625. The van der Waals surface area contributed by atoms with Gasteiger partial charge in [-0.3, -0.25) is 9.48 Å². The minimum absolute atomic E-state index is 0.0409. The molecule has 0 bridgehead atoms. The molecule has 0 amide bonds. The molecule has 3 aliphatic carbocycles. The van der Waals surface area contributed by atoms with Crippen molar-refractivity contribution in [3.8, 4) is 0 Å². The van der Waals surface area contributed by atoms with E-state index in [9.17, 15) is 18.3 Å². The van der Waals surface area contributed by atoms with E-state index in [1.54, 1.807) is 0 Å². The molecule has 1 aromatic rings. The summed E-state index contributed by atoms with van der Waals surface area (Å²) in [6.07, 6.45) is 14.2. The molecule has 1 heterocycles. The van der Waals surface area contributed by atoms with Crippen molar-refractivity contribution in [2.24, 2.45) is 40.9 Å². The van der Waals surface area contributed by atoms with Crippen LogP contribution in [-0.2, 0) is 21.2 Å². The summed E-state index contributed by atoms with van der Waals surface area (Å²) in [5.41, 5.74) is 0.0473. The van der Waals surface area contributed by atoms with Crippen LogP contribution in [0.1, 0.15) is 71.6 Å². The fourth-order valence-electron chi connectivity index (χ4n) is 7.94. The lowest BCUT2D eigenvalue weighted by atomic mass is 9.50. The average molecular weight is 465 g/mol. The van der Waals surface area contributed by atoms with E-state index in [4.69, 9.17) is 0 Å². The molecule has 0 aliphatic heterocycles. The van der Waals surface area contributed by atoms with Crippen molar-refractivity contribution in [2.45, 2.75) is 83.1 Å². The first-order valence-corrected chi connectivity index (χ1v) is 14.4. The maximum Gasteiger partial charge on any atom is 0.178 e. The zero-order valence-corrected chi connectivity index (χ0v) is 20.7. The van der Waals surface area contributed by atoms with E-state index < -0.39 is 9.84 Å². The number of Topliss-reactive ketones (excluding diaryl/α,β-unsaturated/α-hetero) is 1. The fraction of sp³-hybridized carbons (Fsp3) is 0.840. The van der Waals surface area contributed by atoms with E-state index in [1.165, 1.54) is 42.8 Å². The Labute approximate surface area is 193 Å². The highest BCUT2D eigenvalue weighted by molar-refractivity contribution is 7.90. The van der Waals surface area contributed by atoms with Crippen LogP contribution in [0, 0.1) is 40.9 Å². The van der Waals surface area contributed by atoms with Gasteiger partial charge in [-0.15, -0.1) is 0 Å². The van der Waals surface area contributed by atoms with Crippen molar-refractivity contribution in [1.29, 1.82) is 0 Å². The van der Waals surface area contributed by atoms with Crippen LogP contribution in [0.5, 0.6) is 0 Å². The minimum Gasteiger partial charge on any atom is -0.396 e. The van der Waals surface area contributed by atoms with Gasteiger partial charge in [0.25, 0.3) is 0 Å². The molecule has 0 radical (unpaired) electrons. The predicted octanol–water partition coefficient (Wildman–Crippen LogP) is 4.12. The number of fused-ring (bicyclic) bond motifs is 3. The molecule has 6 nitrogen and oxygen atoms in total. The highest BCUT2D eigenvalue weighted by Crippen LogP contribution is 2.63. The van der Waals surface area contributed by atoms with Gasteiger partial charge in [-0.2, -0.15) is 5.10 Å². The summed E-state index contributed by atoms with van der Waals surface area (Å²) in [6, 6.07) is 0. The van der Waals surface area contributed by atoms with Crippen LogP contribution >= 0.6 is 0 Å². The third kappa shape index (κ3) is 4.31. The lowest BCUT2D eigenvalue weighted by Crippen LogP contribution is -2.48. The van der Waals surface area contributed by atoms with Gasteiger partial charge in [0, 0.05) is 25.0 Å². The van der Waals surface area contributed by atoms with Crippen LogP contribution in [0.25, 0.3) is 0 Å². The number of aromatic nitrogens is 2. The van der Waals surface area contributed by atoms with E-state index in [0.29, 0.717) is 11.8 Å². The van der Waals surface area contributed by atoms with Crippen molar-refractivity contribution >= 4 is 15.6 Å². The second-order valence-electron chi connectivity index (χ2n) is 11.0. The molecule has 32 heavy (non-hydrogen) atoms. The Morgan fingerprint density at radius 1 is 1.22 bits per heavy atom. The number of aliphatic hydroxyl groups excluding tert-OH is 1. The molecule has 7 atom stereocenters. The van der Waals surface area contributed by atoms with Gasteiger partial charge in [-0.1, -0.05) is 20.3 Å². The molecule has 0 aromatic carbocycles. The first kappa shape index (κ1) is 23.9. The zero-order chi connectivity index (χ0) is 23.1. The number of sulfone groups is 1. The van der Waals surface area contributed by atoms with E-state index in [1.807, 2.05) is 0 Å². The maximum atomic E-state index is 13.4. The summed E-state index contributed by atoms with van der Waals surface area (Å²) >= 11 is 0. The van der Waals surface area contributed by atoms with Crippen LogP contribution in [0.4, 0.5) is 0 Å². The Morgan fingerprint density at radius 3 is 2.66 bits per heavy atom. The molecule has 3 aliphatic rings. The number of hydrogen-bond acceptors (Lipinski definition) is 5. The van der Waals surface area contributed by atoms with Crippen LogP contribution < -0.4 is 0 Å². The van der Waals surface area contributed by atoms with E-state index in [0.717, 1.165) is 56.1 Å². The molecule has 7 heteroatoms. The molecule has 180 valence electrons. The minimum atomic E-state index is -3.31.